The number of thiophene rings is 1. The van der Waals surface area contributed by atoms with Gasteiger partial charge in [-0.3, -0.25) is 9.59 Å². The van der Waals surface area contributed by atoms with Crippen molar-refractivity contribution in [3.63, 3.8) is 0 Å². The fourth-order valence-corrected chi connectivity index (χ4v) is 5.67. The topological polar surface area (TPSA) is 108 Å². The van der Waals surface area contributed by atoms with E-state index in [-0.39, 0.29) is 25.3 Å². The van der Waals surface area contributed by atoms with Gasteiger partial charge >= 0.3 is 6.03 Å². The minimum atomic E-state index is -1.21. The molecule has 3 aromatic rings. The number of hydrogen-bond acceptors (Lipinski definition) is 6. The van der Waals surface area contributed by atoms with Crippen molar-refractivity contribution >= 4 is 73.4 Å². The van der Waals surface area contributed by atoms with E-state index in [2.05, 4.69) is 26.6 Å². The molecule has 8 nitrogen and oxygen atoms in total. The number of benzene rings is 2. The molecule has 1 aliphatic rings. The lowest BCUT2D eigenvalue weighted by Gasteiger charge is -2.24. The molecule has 12 heteroatoms. The van der Waals surface area contributed by atoms with Crippen molar-refractivity contribution in [2.45, 2.75) is 18.5 Å². The number of carbonyl (C=O) groups is 3. The van der Waals surface area contributed by atoms with Crippen molar-refractivity contribution in [1.29, 1.82) is 0 Å². The molecule has 0 saturated carbocycles. The first-order valence-corrected chi connectivity index (χ1v) is 13.4. The Morgan fingerprint density at radius 2 is 1.97 bits per heavy atom. The van der Waals surface area contributed by atoms with Crippen LogP contribution in [0.4, 0.5) is 14.9 Å². The molecule has 4 rings (SSSR count). The second-order valence-electron chi connectivity index (χ2n) is 7.77. The second-order valence-corrected chi connectivity index (χ2v) is 11.6. The quantitative estimate of drug-likeness (QED) is 0.227. The zero-order chi connectivity index (χ0) is 25.8. The smallest absolute Gasteiger partial charge is 0.325 e. The summed E-state index contributed by atoms with van der Waals surface area (Å²) >= 11 is 6.71. The molecule has 188 valence electrons. The summed E-state index contributed by atoms with van der Waals surface area (Å²) < 4.78 is 21.2. The zero-order valence-electron chi connectivity index (χ0n) is 18.5. The standard InChI is InChI=1S/C24H20BrFIN3O5S/c25-20-8-6-16(36-20)12-19(22(32)28-18-7-3-14(27)11-17(18)26)30-23(33)21(29-24(30)34)13-1-4-15(5-2-13)35-10-9-31/h1-8,11,19,21,31H,9-10,12H2,(H,28,32)(H,29,34)/t19-,21+/m0/s1. The molecule has 1 aromatic heterocycles. The molecule has 1 fully saturated rings. The number of amides is 4. The lowest BCUT2D eigenvalue weighted by atomic mass is 10.1. The van der Waals surface area contributed by atoms with E-state index < -0.39 is 35.7 Å². The molecule has 0 spiro atoms. The van der Waals surface area contributed by atoms with Crippen molar-refractivity contribution in [3.8, 4) is 5.75 Å². The Morgan fingerprint density at radius 3 is 2.61 bits per heavy atom. The van der Waals surface area contributed by atoms with E-state index in [9.17, 15) is 18.8 Å². The van der Waals surface area contributed by atoms with Gasteiger partial charge in [0.2, 0.25) is 5.91 Å². The Bertz CT molecular complexity index is 1290. The van der Waals surface area contributed by atoms with Gasteiger partial charge < -0.3 is 20.5 Å². The number of ether oxygens (including phenoxy) is 1. The summed E-state index contributed by atoms with van der Waals surface area (Å²) in [6, 6.07) is 11.5. The summed E-state index contributed by atoms with van der Waals surface area (Å²) in [5, 5.41) is 14.1. The van der Waals surface area contributed by atoms with Crippen molar-refractivity contribution in [1.82, 2.24) is 10.2 Å². The van der Waals surface area contributed by atoms with Crippen LogP contribution in [0.1, 0.15) is 16.5 Å². The summed E-state index contributed by atoms with van der Waals surface area (Å²) in [4.78, 5) is 41.3. The van der Waals surface area contributed by atoms with Gasteiger partial charge in [-0.05, 0) is 86.5 Å². The van der Waals surface area contributed by atoms with Crippen LogP contribution in [-0.2, 0) is 16.0 Å². The predicted octanol–water partition coefficient (Wildman–Crippen LogP) is 4.47. The number of carbonyl (C=O) groups excluding carboxylic acids is 3. The lowest BCUT2D eigenvalue weighted by Crippen LogP contribution is -2.49. The zero-order valence-corrected chi connectivity index (χ0v) is 23.1. The van der Waals surface area contributed by atoms with Gasteiger partial charge in [0.15, 0.2) is 0 Å². The predicted molar refractivity (Wildman–Crippen MR) is 144 cm³/mol. The minimum absolute atomic E-state index is 0.0418. The van der Waals surface area contributed by atoms with Crippen LogP contribution in [0.25, 0.3) is 0 Å². The maximum absolute atomic E-state index is 14.4. The summed E-state index contributed by atoms with van der Waals surface area (Å²) in [5.41, 5.74) is 0.466. The molecular formula is C24H20BrFIN3O5S. The number of nitrogens with one attached hydrogen (secondary N) is 2. The average Bonchev–Trinajstić information content (AvgIpc) is 3.39. The number of rotatable bonds is 9. The molecule has 2 atom stereocenters. The summed E-state index contributed by atoms with van der Waals surface area (Å²) in [7, 11) is 0. The number of nitrogens with zero attached hydrogens (tertiary/aromatic N) is 1. The first-order valence-electron chi connectivity index (χ1n) is 10.7. The van der Waals surface area contributed by atoms with Crippen LogP contribution in [0.5, 0.6) is 5.75 Å². The van der Waals surface area contributed by atoms with E-state index in [0.29, 0.717) is 14.9 Å². The van der Waals surface area contributed by atoms with Gasteiger partial charge in [0, 0.05) is 14.9 Å². The third-order valence-corrected chi connectivity index (χ3v) is 7.69. The van der Waals surface area contributed by atoms with Crippen LogP contribution in [0.15, 0.2) is 58.4 Å². The molecule has 2 aromatic carbocycles. The Labute approximate surface area is 232 Å². The van der Waals surface area contributed by atoms with Crippen LogP contribution < -0.4 is 15.4 Å². The molecule has 0 bridgehead atoms. The second kappa shape index (κ2) is 11.7. The van der Waals surface area contributed by atoms with Crippen LogP contribution in [0.2, 0.25) is 0 Å². The molecule has 1 saturated heterocycles. The fourth-order valence-electron chi connectivity index (χ4n) is 3.70. The first-order chi connectivity index (χ1) is 17.3. The highest BCUT2D eigenvalue weighted by Gasteiger charge is 2.45. The van der Waals surface area contributed by atoms with Gasteiger partial charge in [-0.15, -0.1) is 11.3 Å². The highest BCUT2D eigenvalue weighted by Crippen LogP contribution is 2.30. The molecule has 36 heavy (non-hydrogen) atoms. The van der Waals surface area contributed by atoms with Gasteiger partial charge in [0.1, 0.15) is 30.3 Å². The van der Waals surface area contributed by atoms with Crippen LogP contribution >= 0.6 is 49.9 Å². The monoisotopic (exact) mass is 687 g/mol. The minimum Gasteiger partial charge on any atom is -0.491 e. The fraction of sp³-hybridized carbons (Fsp3) is 0.208. The van der Waals surface area contributed by atoms with Gasteiger partial charge in [0.05, 0.1) is 16.1 Å². The van der Waals surface area contributed by atoms with Crippen LogP contribution in [0.3, 0.4) is 0 Å². The van der Waals surface area contributed by atoms with E-state index in [1.165, 1.54) is 23.5 Å². The van der Waals surface area contributed by atoms with Crippen molar-refractivity contribution in [3.05, 3.63) is 78.2 Å². The van der Waals surface area contributed by atoms with Crippen molar-refractivity contribution < 1.29 is 28.6 Å². The summed E-state index contributed by atoms with van der Waals surface area (Å²) in [5.74, 6) is -1.40. The van der Waals surface area contributed by atoms with Crippen LogP contribution in [0, 0.1) is 9.39 Å². The maximum Gasteiger partial charge on any atom is 0.325 e. The van der Waals surface area contributed by atoms with Gasteiger partial charge in [0.25, 0.3) is 5.91 Å². The molecule has 0 unspecified atom stereocenters. The number of imide groups is 1. The Kier molecular flexibility index (Phi) is 8.59. The Hall–Kier alpha value is -2.55. The molecule has 4 amide bonds. The van der Waals surface area contributed by atoms with E-state index in [1.54, 1.807) is 36.4 Å². The van der Waals surface area contributed by atoms with Crippen molar-refractivity contribution in [2.75, 3.05) is 18.5 Å². The maximum atomic E-state index is 14.4. The number of hydrogen-bond donors (Lipinski definition) is 3. The van der Waals surface area contributed by atoms with Crippen LogP contribution in [-0.4, -0.2) is 47.1 Å². The number of halogens is 3. The molecule has 0 aliphatic carbocycles. The molecule has 2 heterocycles. The number of aliphatic hydroxyl groups is 1. The SMILES string of the molecule is O=C(Nc1ccc(I)cc1F)[C@H](Cc1ccc(Br)s1)N1C(=O)N[C@H](c2ccc(OCCO)cc2)C1=O. The highest BCUT2D eigenvalue weighted by molar-refractivity contribution is 14.1. The number of anilines is 1. The largest absolute Gasteiger partial charge is 0.491 e. The molecule has 1 aliphatic heterocycles. The van der Waals surface area contributed by atoms with E-state index in [0.717, 1.165) is 13.6 Å². The van der Waals surface area contributed by atoms with Gasteiger partial charge in [-0.1, -0.05) is 12.1 Å². The summed E-state index contributed by atoms with van der Waals surface area (Å²) in [6.07, 6.45) is 0.0634. The Balaban J connectivity index is 1.59. The third kappa shape index (κ3) is 6.05. The van der Waals surface area contributed by atoms with E-state index in [4.69, 9.17) is 9.84 Å². The lowest BCUT2D eigenvalue weighted by molar-refractivity contribution is -0.134. The van der Waals surface area contributed by atoms with E-state index in [1.807, 2.05) is 28.7 Å². The molecule has 3 N–H and O–H groups in total. The summed E-state index contributed by atoms with van der Waals surface area (Å²) in [6.45, 7) is -0.00668. The third-order valence-electron chi connectivity index (χ3n) is 5.37. The molecular weight excluding hydrogens is 668 g/mol. The number of urea groups is 1. The molecule has 0 radical (unpaired) electrons. The van der Waals surface area contributed by atoms with Gasteiger partial charge in [-0.2, -0.15) is 0 Å². The highest BCUT2D eigenvalue weighted by atomic mass is 127. The normalized spacial score (nSPS) is 16.1. The van der Waals surface area contributed by atoms with Gasteiger partial charge in [-0.25, -0.2) is 14.1 Å². The average molecular weight is 688 g/mol. The first kappa shape index (κ1) is 26.5. The Morgan fingerprint density at radius 1 is 1.22 bits per heavy atom. The van der Waals surface area contributed by atoms with E-state index >= 15 is 0 Å². The van der Waals surface area contributed by atoms with Crippen molar-refractivity contribution in [2.24, 2.45) is 0 Å². The number of aliphatic hydroxyl groups excluding tert-OH is 1.